The number of hydrogen-bond acceptors (Lipinski definition) is 3. The minimum atomic E-state index is 0.155. The van der Waals surface area contributed by atoms with Crippen LogP contribution in [0.25, 0.3) is 11.0 Å². The fraction of sp³-hybridized carbons (Fsp3) is 0.529. The lowest BCUT2D eigenvalue weighted by Crippen LogP contribution is -2.31. The van der Waals surface area contributed by atoms with Gasteiger partial charge in [-0.25, -0.2) is 0 Å². The number of nitrogens with one attached hydrogen (secondary N) is 1. The molecule has 20 heavy (non-hydrogen) atoms. The SMILES string of the molecule is CCCCc1oc2ccccc2c1CN[C@@H](CC)CO. The first-order chi connectivity index (χ1) is 9.80. The summed E-state index contributed by atoms with van der Waals surface area (Å²) < 4.78 is 6.00. The van der Waals surface area contributed by atoms with Crippen LogP contribution < -0.4 is 5.32 Å². The van der Waals surface area contributed by atoms with Gasteiger partial charge < -0.3 is 14.8 Å². The van der Waals surface area contributed by atoms with Gasteiger partial charge in [0.05, 0.1) is 6.61 Å². The molecule has 3 heteroatoms. The van der Waals surface area contributed by atoms with E-state index in [0.29, 0.717) is 0 Å². The van der Waals surface area contributed by atoms with Gasteiger partial charge in [0.15, 0.2) is 0 Å². The van der Waals surface area contributed by atoms with Gasteiger partial charge in [0.1, 0.15) is 11.3 Å². The molecule has 0 saturated carbocycles. The predicted molar refractivity (Wildman–Crippen MR) is 82.8 cm³/mol. The third-order valence-electron chi connectivity index (χ3n) is 3.82. The Balaban J connectivity index is 2.23. The zero-order valence-corrected chi connectivity index (χ0v) is 12.5. The number of aliphatic hydroxyl groups is 1. The van der Waals surface area contributed by atoms with E-state index in [1.54, 1.807) is 0 Å². The summed E-state index contributed by atoms with van der Waals surface area (Å²) in [5.74, 6) is 1.09. The van der Waals surface area contributed by atoms with E-state index in [1.807, 2.05) is 18.2 Å². The van der Waals surface area contributed by atoms with Crippen LogP contribution in [0, 0.1) is 0 Å². The molecule has 0 unspecified atom stereocenters. The molecule has 0 amide bonds. The minimum Gasteiger partial charge on any atom is -0.461 e. The quantitative estimate of drug-likeness (QED) is 0.773. The smallest absolute Gasteiger partial charge is 0.134 e. The second-order valence-electron chi connectivity index (χ2n) is 5.27. The summed E-state index contributed by atoms with van der Waals surface area (Å²) in [6.07, 6.45) is 4.22. The van der Waals surface area contributed by atoms with Crippen molar-refractivity contribution in [1.82, 2.24) is 5.32 Å². The van der Waals surface area contributed by atoms with Crippen molar-refractivity contribution in [1.29, 1.82) is 0 Å². The number of furan rings is 1. The molecule has 0 radical (unpaired) electrons. The van der Waals surface area contributed by atoms with Crippen molar-refractivity contribution in [3.05, 3.63) is 35.6 Å². The summed E-state index contributed by atoms with van der Waals surface area (Å²) in [5, 5.41) is 13.9. The number of aryl methyl sites for hydroxylation is 1. The largest absolute Gasteiger partial charge is 0.461 e. The molecular weight excluding hydrogens is 250 g/mol. The van der Waals surface area contributed by atoms with Crippen LogP contribution in [0.5, 0.6) is 0 Å². The molecule has 0 aliphatic rings. The lowest BCUT2D eigenvalue weighted by Gasteiger charge is -2.14. The molecular formula is C17H25NO2. The van der Waals surface area contributed by atoms with Gasteiger partial charge in [-0.15, -0.1) is 0 Å². The maximum atomic E-state index is 9.29. The van der Waals surface area contributed by atoms with Crippen molar-refractivity contribution in [2.75, 3.05) is 6.61 Å². The van der Waals surface area contributed by atoms with Crippen LogP contribution in [0.15, 0.2) is 28.7 Å². The van der Waals surface area contributed by atoms with E-state index in [1.165, 1.54) is 10.9 Å². The van der Waals surface area contributed by atoms with Crippen LogP contribution in [-0.4, -0.2) is 17.8 Å². The first kappa shape index (κ1) is 15.1. The van der Waals surface area contributed by atoms with Crippen LogP contribution in [0.2, 0.25) is 0 Å². The van der Waals surface area contributed by atoms with Gasteiger partial charge in [-0.05, 0) is 18.9 Å². The number of para-hydroxylation sites is 1. The fourth-order valence-electron chi connectivity index (χ4n) is 2.47. The number of rotatable bonds is 8. The van der Waals surface area contributed by atoms with Gasteiger partial charge in [-0.1, -0.05) is 38.5 Å². The molecule has 1 atom stereocenters. The average Bonchev–Trinajstić information content (AvgIpc) is 2.84. The highest BCUT2D eigenvalue weighted by Crippen LogP contribution is 2.27. The van der Waals surface area contributed by atoms with E-state index in [2.05, 4.69) is 25.2 Å². The molecule has 0 aliphatic heterocycles. The number of hydrogen-bond donors (Lipinski definition) is 2. The normalized spacial score (nSPS) is 12.9. The van der Waals surface area contributed by atoms with Crippen molar-refractivity contribution in [2.45, 2.75) is 52.1 Å². The van der Waals surface area contributed by atoms with E-state index in [0.717, 1.165) is 43.6 Å². The Bertz CT molecular complexity index is 529. The first-order valence-electron chi connectivity index (χ1n) is 7.63. The Morgan fingerprint density at radius 3 is 2.75 bits per heavy atom. The first-order valence-corrected chi connectivity index (χ1v) is 7.63. The Morgan fingerprint density at radius 1 is 1.25 bits per heavy atom. The fourth-order valence-corrected chi connectivity index (χ4v) is 2.47. The summed E-state index contributed by atoms with van der Waals surface area (Å²) >= 11 is 0. The molecule has 1 aromatic carbocycles. The van der Waals surface area contributed by atoms with Crippen molar-refractivity contribution in [3.8, 4) is 0 Å². The van der Waals surface area contributed by atoms with Crippen LogP contribution >= 0.6 is 0 Å². The van der Waals surface area contributed by atoms with Crippen molar-refractivity contribution in [2.24, 2.45) is 0 Å². The van der Waals surface area contributed by atoms with E-state index >= 15 is 0 Å². The summed E-state index contributed by atoms with van der Waals surface area (Å²) in [4.78, 5) is 0. The van der Waals surface area contributed by atoms with Gasteiger partial charge >= 0.3 is 0 Å². The van der Waals surface area contributed by atoms with E-state index < -0.39 is 0 Å². The molecule has 0 bridgehead atoms. The minimum absolute atomic E-state index is 0.155. The molecule has 0 spiro atoms. The third kappa shape index (κ3) is 3.41. The zero-order chi connectivity index (χ0) is 14.4. The molecule has 110 valence electrons. The molecule has 1 aromatic heterocycles. The Kier molecular flexibility index (Phi) is 5.62. The Hall–Kier alpha value is -1.32. The molecule has 2 aromatic rings. The number of benzene rings is 1. The average molecular weight is 275 g/mol. The highest BCUT2D eigenvalue weighted by atomic mass is 16.3. The maximum Gasteiger partial charge on any atom is 0.134 e. The topological polar surface area (TPSA) is 45.4 Å². The van der Waals surface area contributed by atoms with Crippen molar-refractivity contribution >= 4 is 11.0 Å². The van der Waals surface area contributed by atoms with E-state index in [4.69, 9.17) is 4.42 Å². The van der Waals surface area contributed by atoms with E-state index in [9.17, 15) is 5.11 Å². The molecule has 0 aliphatic carbocycles. The summed E-state index contributed by atoms with van der Waals surface area (Å²) in [7, 11) is 0. The van der Waals surface area contributed by atoms with Crippen LogP contribution in [0.3, 0.4) is 0 Å². The number of unbranched alkanes of at least 4 members (excludes halogenated alkanes) is 1. The zero-order valence-electron chi connectivity index (χ0n) is 12.5. The van der Waals surface area contributed by atoms with E-state index in [-0.39, 0.29) is 12.6 Å². The third-order valence-corrected chi connectivity index (χ3v) is 3.82. The summed E-state index contributed by atoms with van der Waals surface area (Å²) in [6.45, 7) is 5.21. The standard InChI is InChI=1S/C17H25NO2/c1-3-5-9-17-15(11-18-13(4-2)12-19)14-8-6-7-10-16(14)20-17/h6-8,10,13,18-19H,3-5,9,11-12H2,1-2H3/t13-/m0/s1. The van der Waals surface area contributed by atoms with Gasteiger partial charge in [0, 0.05) is 30.0 Å². The van der Waals surface area contributed by atoms with Crippen LogP contribution in [0.1, 0.15) is 44.4 Å². The van der Waals surface area contributed by atoms with Gasteiger partial charge in [0.25, 0.3) is 0 Å². The molecule has 2 N–H and O–H groups in total. The number of fused-ring (bicyclic) bond motifs is 1. The van der Waals surface area contributed by atoms with Crippen LogP contribution in [0.4, 0.5) is 0 Å². The molecule has 3 nitrogen and oxygen atoms in total. The highest BCUT2D eigenvalue weighted by Gasteiger charge is 2.14. The lowest BCUT2D eigenvalue weighted by molar-refractivity contribution is 0.238. The predicted octanol–water partition coefficient (Wildman–Crippen LogP) is 3.64. The summed E-state index contributed by atoms with van der Waals surface area (Å²) in [6, 6.07) is 8.36. The Morgan fingerprint density at radius 2 is 2.05 bits per heavy atom. The van der Waals surface area contributed by atoms with Gasteiger partial charge in [-0.2, -0.15) is 0 Å². The lowest BCUT2D eigenvalue weighted by atomic mass is 10.1. The van der Waals surface area contributed by atoms with Crippen molar-refractivity contribution in [3.63, 3.8) is 0 Å². The summed E-state index contributed by atoms with van der Waals surface area (Å²) in [5.41, 5.74) is 2.22. The molecule has 0 saturated heterocycles. The number of aliphatic hydroxyl groups excluding tert-OH is 1. The van der Waals surface area contributed by atoms with Crippen molar-refractivity contribution < 1.29 is 9.52 Å². The maximum absolute atomic E-state index is 9.29. The van der Waals surface area contributed by atoms with Crippen LogP contribution in [-0.2, 0) is 13.0 Å². The second kappa shape index (κ2) is 7.46. The highest BCUT2D eigenvalue weighted by molar-refractivity contribution is 5.82. The Labute approximate surface area is 121 Å². The monoisotopic (exact) mass is 275 g/mol. The molecule has 1 heterocycles. The molecule has 2 rings (SSSR count). The second-order valence-corrected chi connectivity index (χ2v) is 5.27. The molecule has 0 fully saturated rings. The van der Waals surface area contributed by atoms with Gasteiger partial charge in [0.2, 0.25) is 0 Å². The van der Waals surface area contributed by atoms with Gasteiger partial charge in [-0.3, -0.25) is 0 Å².